The fraction of sp³-hybridized carbons (Fsp3) is 0.714. The molecule has 1 saturated carbocycles. The van der Waals surface area contributed by atoms with Crippen LogP contribution < -0.4 is 5.73 Å². The Hall–Kier alpha value is -0.380. The Balaban J connectivity index is 1.77. The minimum Gasteiger partial charge on any atom is -0.328 e. The summed E-state index contributed by atoms with van der Waals surface area (Å²) in [6.45, 7) is 3.54. The molecule has 1 fully saturated rings. The monoisotopic (exact) mass is 252 g/mol. The summed E-state index contributed by atoms with van der Waals surface area (Å²) < 4.78 is 0. The standard InChI is InChI=1S/C14H24N2S/c1-11(8-14-4-3-7-17-14)16(2)10-12-5-6-13(15)9-12/h3-4,7,11-13H,5-6,8-10,15H2,1-2H3. The van der Waals surface area contributed by atoms with Gasteiger partial charge in [-0.15, -0.1) is 11.3 Å². The minimum atomic E-state index is 0.459. The van der Waals surface area contributed by atoms with E-state index in [0.717, 1.165) is 5.92 Å². The van der Waals surface area contributed by atoms with Crippen LogP contribution in [0.5, 0.6) is 0 Å². The topological polar surface area (TPSA) is 29.3 Å². The Labute approximate surface area is 109 Å². The number of nitrogens with two attached hydrogens (primary N) is 1. The van der Waals surface area contributed by atoms with Gasteiger partial charge < -0.3 is 10.6 Å². The fourth-order valence-corrected chi connectivity index (χ4v) is 3.57. The van der Waals surface area contributed by atoms with Crippen molar-refractivity contribution < 1.29 is 0 Å². The lowest BCUT2D eigenvalue weighted by Crippen LogP contribution is -2.34. The van der Waals surface area contributed by atoms with Crippen LogP contribution in [-0.2, 0) is 6.42 Å². The maximum atomic E-state index is 5.97. The summed E-state index contributed by atoms with van der Waals surface area (Å²) in [5.74, 6) is 0.820. The second-order valence-electron chi connectivity index (χ2n) is 5.51. The smallest absolute Gasteiger partial charge is 0.0112 e. The van der Waals surface area contributed by atoms with Gasteiger partial charge in [-0.2, -0.15) is 0 Å². The van der Waals surface area contributed by atoms with Crippen molar-refractivity contribution in [2.75, 3.05) is 13.6 Å². The summed E-state index contributed by atoms with van der Waals surface area (Å²) in [6, 6.07) is 5.47. The van der Waals surface area contributed by atoms with Crippen LogP contribution >= 0.6 is 11.3 Å². The van der Waals surface area contributed by atoms with Gasteiger partial charge in [-0.05, 0) is 57.0 Å². The number of thiophene rings is 1. The van der Waals surface area contributed by atoms with E-state index in [1.54, 1.807) is 0 Å². The van der Waals surface area contributed by atoms with Crippen LogP contribution in [0.1, 0.15) is 31.1 Å². The van der Waals surface area contributed by atoms with Crippen molar-refractivity contribution >= 4 is 11.3 Å². The number of hydrogen-bond acceptors (Lipinski definition) is 3. The fourth-order valence-electron chi connectivity index (χ4n) is 2.74. The SMILES string of the molecule is CC(Cc1cccs1)N(C)CC1CCC(N)C1. The predicted octanol–water partition coefficient (Wildman–Crippen LogP) is 2.74. The van der Waals surface area contributed by atoms with Gasteiger partial charge in [0.05, 0.1) is 0 Å². The number of hydrogen-bond donors (Lipinski definition) is 1. The van der Waals surface area contributed by atoms with E-state index in [9.17, 15) is 0 Å². The Bertz CT molecular complexity index is 323. The highest BCUT2D eigenvalue weighted by atomic mass is 32.1. The molecule has 0 saturated heterocycles. The zero-order valence-corrected chi connectivity index (χ0v) is 11.7. The first-order chi connectivity index (χ1) is 8.15. The first kappa shape index (κ1) is 13.1. The van der Waals surface area contributed by atoms with Crippen LogP contribution in [0.3, 0.4) is 0 Å². The molecule has 0 aromatic carbocycles. The third-order valence-electron chi connectivity index (χ3n) is 3.96. The second-order valence-corrected chi connectivity index (χ2v) is 6.54. The van der Waals surface area contributed by atoms with E-state index in [0.29, 0.717) is 12.1 Å². The van der Waals surface area contributed by atoms with Crippen molar-refractivity contribution in [2.24, 2.45) is 11.7 Å². The first-order valence-corrected chi connectivity index (χ1v) is 7.51. The Morgan fingerprint density at radius 3 is 2.94 bits per heavy atom. The molecule has 0 aliphatic heterocycles. The van der Waals surface area contributed by atoms with Crippen LogP contribution in [-0.4, -0.2) is 30.6 Å². The Morgan fingerprint density at radius 2 is 2.35 bits per heavy atom. The van der Waals surface area contributed by atoms with Gasteiger partial charge >= 0.3 is 0 Å². The molecule has 1 aromatic heterocycles. The Kier molecular flexibility index (Phi) is 4.60. The van der Waals surface area contributed by atoms with E-state index in [2.05, 4.69) is 36.4 Å². The van der Waals surface area contributed by atoms with E-state index in [1.165, 1.54) is 37.1 Å². The molecule has 1 aliphatic carbocycles. The van der Waals surface area contributed by atoms with Crippen molar-refractivity contribution in [3.8, 4) is 0 Å². The van der Waals surface area contributed by atoms with E-state index < -0.39 is 0 Å². The summed E-state index contributed by atoms with van der Waals surface area (Å²) in [6.07, 6.45) is 4.93. The van der Waals surface area contributed by atoms with Crippen molar-refractivity contribution in [1.29, 1.82) is 0 Å². The van der Waals surface area contributed by atoms with E-state index in [1.807, 2.05) is 11.3 Å². The van der Waals surface area contributed by atoms with Crippen molar-refractivity contribution in [2.45, 2.75) is 44.7 Å². The maximum Gasteiger partial charge on any atom is 0.0112 e. The predicted molar refractivity (Wildman–Crippen MR) is 75.4 cm³/mol. The van der Waals surface area contributed by atoms with Crippen LogP contribution in [0.2, 0.25) is 0 Å². The van der Waals surface area contributed by atoms with Gasteiger partial charge in [0.25, 0.3) is 0 Å². The van der Waals surface area contributed by atoms with Crippen LogP contribution in [0, 0.1) is 5.92 Å². The van der Waals surface area contributed by atoms with E-state index in [4.69, 9.17) is 5.73 Å². The van der Waals surface area contributed by atoms with Gasteiger partial charge in [-0.1, -0.05) is 6.07 Å². The van der Waals surface area contributed by atoms with Crippen LogP contribution in [0.4, 0.5) is 0 Å². The molecule has 1 aromatic rings. The average Bonchev–Trinajstić information content (AvgIpc) is 2.90. The molecule has 3 unspecified atom stereocenters. The van der Waals surface area contributed by atoms with Crippen LogP contribution in [0.15, 0.2) is 17.5 Å². The van der Waals surface area contributed by atoms with Gasteiger partial charge in [0.15, 0.2) is 0 Å². The highest BCUT2D eigenvalue weighted by Gasteiger charge is 2.24. The molecule has 3 heteroatoms. The zero-order chi connectivity index (χ0) is 12.3. The largest absolute Gasteiger partial charge is 0.328 e. The summed E-state index contributed by atoms with van der Waals surface area (Å²) >= 11 is 1.87. The second kappa shape index (κ2) is 5.98. The maximum absolute atomic E-state index is 5.97. The van der Waals surface area contributed by atoms with Crippen molar-refractivity contribution in [3.05, 3.63) is 22.4 Å². The molecule has 0 amide bonds. The molecule has 2 N–H and O–H groups in total. The molecule has 0 spiro atoms. The molecule has 1 heterocycles. The van der Waals surface area contributed by atoms with Gasteiger partial charge in [-0.25, -0.2) is 0 Å². The normalized spacial score (nSPS) is 26.6. The van der Waals surface area contributed by atoms with Gasteiger partial charge in [0.1, 0.15) is 0 Å². The summed E-state index contributed by atoms with van der Waals surface area (Å²) in [7, 11) is 2.25. The number of nitrogens with zero attached hydrogens (tertiary/aromatic N) is 1. The molecule has 3 atom stereocenters. The van der Waals surface area contributed by atoms with E-state index >= 15 is 0 Å². The quantitative estimate of drug-likeness (QED) is 0.873. The third-order valence-corrected chi connectivity index (χ3v) is 4.86. The molecule has 96 valence electrons. The van der Waals surface area contributed by atoms with Crippen LogP contribution in [0.25, 0.3) is 0 Å². The molecule has 1 aliphatic rings. The zero-order valence-electron chi connectivity index (χ0n) is 10.9. The molecule has 0 radical (unpaired) electrons. The molecule has 0 bridgehead atoms. The molecule has 2 rings (SSSR count). The summed E-state index contributed by atoms with van der Waals surface area (Å²) in [5, 5.41) is 2.16. The number of likely N-dealkylation sites (N-methyl/N-ethyl adjacent to an activating group) is 1. The van der Waals surface area contributed by atoms with Crippen molar-refractivity contribution in [3.63, 3.8) is 0 Å². The van der Waals surface area contributed by atoms with Gasteiger partial charge in [0.2, 0.25) is 0 Å². The highest BCUT2D eigenvalue weighted by Crippen LogP contribution is 2.25. The third kappa shape index (κ3) is 3.80. The van der Waals surface area contributed by atoms with Gasteiger partial charge in [-0.3, -0.25) is 0 Å². The first-order valence-electron chi connectivity index (χ1n) is 6.63. The minimum absolute atomic E-state index is 0.459. The number of rotatable bonds is 5. The molecule has 2 nitrogen and oxygen atoms in total. The highest BCUT2D eigenvalue weighted by molar-refractivity contribution is 7.09. The lowest BCUT2D eigenvalue weighted by Gasteiger charge is -2.27. The van der Waals surface area contributed by atoms with Gasteiger partial charge in [0, 0.05) is 23.5 Å². The molecular weight excluding hydrogens is 228 g/mol. The molecular formula is C14H24N2S. The average molecular weight is 252 g/mol. The lowest BCUT2D eigenvalue weighted by molar-refractivity contribution is 0.218. The summed E-state index contributed by atoms with van der Waals surface area (Å²) in [5.41, 5.74) is 5.97. The Morgan fingerprint density at radius 1 is 1.53 bits per heavy atom. The van der Waals surface area contributed by atoms with Crippen molar-refractivity contribution in [1.82, 2.24) is 4.90 Å². The lowest BCUT2D eigenvalue weighted by atomic mass is 10.1. The molecule has 17 heavy (non-hydrogen) atoms. The van der Waals surface area contributed by atoms with E-state index in [-0.39, 0.29) is 0 Å². The summed E-state index contributed by atoms with van der Waals surface area (Å²) in [4.78, 5) is 4.00.